The molecule has 1 rings (SSSR count). The predicted octanol–water partition coefficient (Wildman–Crippen LogP) is 4.54. The van der Waals surface area contributed by atoms with E-state index in [-0.39, 0.29) is 18.5 Å². The topological polar surface area (TPSA) is 84.9 Å². The number of carbonyl (C=O) groups excluding carboxylic acids is 2. The third-order valence-corrected chi connectivity index (χ3v) is 4.69. The fourth-order valence-electron chi connectivity index (χ4n) is 3.04. The van der Waals surface area contributed by atoms with E-state index in [0.29, 0.717) is 32.6 Å². The minimum atomic E-state index is -0.381. The number of benzene rings is 1. The normalized spacial score (nSPS) is 10.7. The third kappa shape index (κ3) is 12.5. The Hall–Kier alpha value is -1.63. The Morgan fingerprint density at radius 1 is 0.966 bits per heavy atom. The molecule has 164 valence electrons. The molecular formula is C22H34ClNO5. The molecule has 0 saturated heterocycles. The number of rotatable bonds is 16. The van der Waals surface area contributed by atoms with Gasteiger partial charge in [-0.2, -0.15) is 0 Å². The second-order valence-electron chi connectivity index (χ2n) is 7.22. The molecule has 0 saturated carbocycles. The lowest BCUT2D eigenvalue weighted by molar-refractivity contribution is -0.134. The first-order valence-electron chi connectivity index (χ1n) is 10.5. The summed E-state index contributed by atoms with van der Waals surface area (Å²) in [7, 11) is 0. The highest BCUT2D eigenvalue weighted by molar-refractivity contribution is 6.13. The number of aliphatic hydroxyl groups excluding tert-OH is 1. The van der Waals surface area contributed by atoms with Gasteiger partial charge in [0.25, 0.3) is 0 Å². The van der Waals surface area contributed by atoms with Gasteiger partial charge in [-0.1, -0.05) is 50.8 Å². The zero-order chi connectivity index (χ0) is 21.3. The summed E-state index contributed by atoms with van der Waals surface area (Å²) in [6.07, 6.45) is 7.49. The molecule has 0 aromatic heterocycles. The molecule has 0 bridgehead atoms. The predicted molar refractivity (Wildman–Crippen MR) is 113 cm³/mol. The average molecular weight is 428 g/mol. The van der Waals surface area contributed by atoms with E-state index in [4.69, 9.17) is 16.6 Å². The molecule has 1 aromatic rings. The monoisotopic (exact) mass is 427 g/mol. The zero-order valence-corrected chi connectivity index (χ0v) is 18.1. The molecule has 0 fully saturated rings. The van der Waals surface area contributed by atoms with Crippen LogP contribution in [-0.2, 0) is 38.4 Å². The largest absolute Gasteiger partial charge is 0.392 e. The molecule has 1 amide bonds. The van der Waals surface area contributed by atoms with Gasteiger partial charge in [-0.05, 0) is 36.0 Å². The van der Waals surface area contributed by atoms with Crippen molar-refractivity contribution >= 4 is 23.7 Å². The Labute approximate surface area is 179 Å². The van der Waals surface area contributed by atoms with Gasteiger partial charge in [-0.25, -0.2) is 0 Å². The van der Waals surface area contributed by atoms with E-state index < -0.39 is 0 Å². The van der Waals surface area contributed by atoms with Crippen molar-refractivity contribution < 1.29 is 23.7 Å². The van der Waals surface area contributed by atoms with E-state index in [9.17, 15) is 14.7 Å². The third-order valence-electron chi connectivity index (χ3n) is 4.52. The number of hydrogen-bond donors (Lipinski definition) is 2. The second-order valence-corrected chi connectivity index (χ2v) is 7.37. The maximum absolute atomic E-state index is 12.1. The lowest BCUT2D eigenvalue weighted by Gasteiger charge is -2.10. The maximum atomic E-state index is 12.1. The van der Waals surface area contributed by atoms with Crippen molar-refractivity contribution in [2.75, 3.05) is 6.61 Å². The molecule has 0 radical (unpaired) electrons. The molecule has 0 aliphatic heterocycles. The molecule has 0 aliphatic rings. The number of unbranched alkanes of at least 4 members (excludes halogenated alkanes) is 5. The minimum absolute atomic E-state index is 0.0321. The average Bonchev–Trinajstić information content (AvgIpc) is 2.73. The summed E-state index contributed by atoms with van der Waals surface area (Å²) >= 11 is 4.97. The molecule has 29 heavy (non-hydrogen) atoms. The van der Waals surface area contributed by atoms with E-state index in [1.54, 1.807) is 0 Å². The molecule has 0 heterocycles. The van der Waals surface area contributed by atoms with Crippen LogP contribution < -0.4 is 5.32 Å². The first kappa shape index (κ1) is 25.4. The van der Waals surface area contributed by atoms with Crippen LogP contribution in [0, 0.1) is 0 Å². The van der Waals surface area contributed by atoms with E-state index in [2.05, 4.69) is 16.5 Å². The Morgan fingerprint density at radius 2 is 1.59 bits per heavy atom. The number of hydrogen-bond acceptors (Lipinski definition) is 5. The van der Waals surface area contributed by atoms with Crippen molar-refractivity contribution in [1.82, 2.24) is 5.32 Å². The van der Waals surface area contributed by atoms with Gasteiger partial charge in [-0.15, -0.1) is 0 Å². The number of ether oxygens (including phenoxy) is 1. The molecule has 1 aromatic carbocycles. The van der Waals surface area contributed by atoms with E-state index in [1.165, 1.54) is 0 Å². The summed E-state index contributed by atoms with van der Waals surface area (Å²) in [5.41, 5.74) is 2.80. The maximum Gasteiger partial charge on any atom is 0.324 e. The number of nitrogens with one attached hydrogen (secondary N) is 1. The SMILES string of the molecule is CCCOCc1cc(CO)cc(CNC(=O)CCCCCCCCC(=O)OCl)c1. The molecular weight excluding hydrogens is 394 g/mol. The van der Waals surface area contributed by atoms with Crippen molar-refractivity contribution in [1.29, 1.82) is 0 Å². The van der Waals surface area contributed by atoms with Crippen LogP contribution in [0.5, 0.6) is 0 Å². The van der Waals surface area contributed by atoms with Crippen LogP contribution >= 0.6 is 11.9 Å². The summed E-state index contributed by atoms with van der Waals surface area (Å²) < 4.78 is 9.66. The van der Waals surface area contributed by atoms with Crippen LogP contribution in [0.25, 0.3) is 0 Å². The number of amides is 1. The summed E-state index contributed by atoms with van der Waals surface area (Å²) in [4.78, 5) is 22.9. The molecule has 0 unspecified atom stereocenters. The number of aliphatic hydroxyl groups is 1. The minimum Gasteiger partial charge on any atom is -0.392 e. The fourth-order valence-corrected chi connectivity index (χ4v) is 3.12. The molecule has 0 atom stereocenters. The highest BCUT2D eigenvalue weighted by atomic mass is 35.5. The van der Waals surface area contributed by atoms with Gasteiger partial charge in [0.05, 0.1) is 13.2 Å². The van der Waals surface area contributed by atoms with Crippen LogP contribution in [0.1, 0.15) is 81.4 Å². The fraction of sp³-hybridized carbons (Fsp3) is 0.636. The Balaban J connectivity index is 2.21. The van der Waals surface area contributed by atoms with Crippen molar-refractivity contribution in [3.63, 3.8) is 0 Å². The summed E-state index contributed by atoms with van der Waals surface area (Å²) in [6, 6.07) is 5.85. The highest BCUT2D eigenvalue weighted by Crippen LogP contribution is 2.13. The van der Waals surface area contributed by atoms with Gasteiger partial charge in [0, 0.05) is 26.0 Å². The summed E-state index contributed by atoms with van der Waals surface area (Å²) in [6.45, 7) is 3.69. The number of carbonyl (C=O) groups is 2. The molecule has 6 nitrogen and oxygen atoms in total. The second kappa shape index (κ2) is 16.2. The molecule has 0 aliphatic carbocycles. The van der Waals surface area contributed by atoms with E-state index in [1.807, 2.05) is 18.2 Å². The van der Waals surface area contributed by atoms with Crippen molar-refractivity contribution in [2.24, 2.45) is 0 Å². The van der Waals surface area contributed by atoms with Crippen LogP contribution in [0.15, 0.2) is 18.2 Å². The summed E-state index contributed by atoms with van der Waals surface area (Å²) in [5, 5.41) is 12.4. The lowest BCUT2D eigenvalue weighted by atomic mass is 10.1. The van der Waals surface area contributed by atoms with Crippen molar-refractivity contribution in [3.05, 3.63) is 34.9 Å². The van der Waals surface area contributed by atoms with Gasteiger partial charge in [0.15, 0.2) is 0 Å². The first-order valence-corrected chi connectivity index (χ1v) is 10.8. The van der Waals surface area contributed by atoms with Crippen LogP contribution in [0.3, 0.4) is 0 Å². The number of halogens is 1. The van der Waals surface area contributed by atoms with Gasteiger partial charge in [0.2, 0.25) is 5.91 Å². The molecule has 0 spiro atoms. The van der Waals surface area contributed by atoms with Crippen molar-refractivity contribution in [3.8, 4) is 0 Å². The van der Waals surface area contributed by atoms with E-state index >= 15 is 0 Å². The Bertz CT molecular complexity index is 609. The smallest absolute Gasteiger partial charge is 0.324 e. The highest BCUT2D eigenvalue weighted by Gasteiger charge is 2.05. The van der Waals surface area contributed by atoms with E-state index in [0.717, 1.165) is 61.6 Å². The standard InChI is InChI=1S/C22H34ClNO5/c1-2-11-28-17-20-13-18(12-19(14-20)16-25)15-24-21(26)9-7-5-3-4-6-8-10-22(27)29-23/h12-14,25H,2-11,15-17H2,1H3,(H,24,26). The van der Waals surface area contributed by atoms with Crippen LogP contribution in [0.4, 0.5) is 0 Å². The zero-order valence-electron chi connectivity index (χ0n) is 17.4. The molecule has 7 heteroatoms. The van der Waals surface area contributed by atoms with Crippen LogP contribution in [0.2, 0.25) is 0 Å². The van der Waals surface area contributed by atoms with Crippen molar-refractivity contribution in [2.45, 2.75) is 84.5 Å². The molecule has 2 N–H and O–H groups in total. The van der Waals surface area contributed by atoms with Gasteiger partial charge >= 0.3 is 5.97 Å². The Morgan fingerprint density at radius 3 is 2.24 bits per heavy atom. The quantitative estimate of drug-likeness (QED) is 0.378. The lowest BCUT2D eigenvalue weighted by Crippen LogP contribution is -2.22. The summed E-state index contributed by atoms with van der Waals surface area (Å²) in [5.74, 6) is -0.346. The first-order chi connectivity index (χ1) is 14.1. The Kier molecular flexibility index (Phi) is 14.2. The van der Waals surface area contributed by atoms with Gasteiger partial charge in [-0.3, -0.25) is 9.59 Å². The van der Waals surface area contributed by atoms with Crippen LogP contribution in [-0.4, -0.2) is 23.6 Å². The van der Waals surface area contributed by atoms with Gasteiger partial charge < -0.3 is 19.4 Å². The van der Waals surface area contributed by atoms with Gasteiger partial charge in [0.1, 0.15) is 11.9 Å².